The quantitative estimate of drug-likeness (QED) is 0.188. The van der Waals surface area contributed by atoms with Crippen LogP contribution in [-0.2, 0) is 10.8 Å². The first-order valence-corrected chi connectivity index (χ1v) is 15.3. The van der Waals surface area contributed by atoms with Gasteiger partial charge in [0.05, 0.1) is 34.1 Å². The molecule has 0 N–H and O–H groups in total. The zero-order valence-electron chi connectivity index (χ0n) is 23.0. The average molecular weight is 650 g/mol. The van der Waals surface area contributed by atoms with Gasteiger partial charge in [-0.3, -0.25) is 0 Å². The summed E-state index contributed by atoms with van der Waals surface area (Å²) in [4.78, 5) is 4.80. The van der Waals surface area contributed by atoms with Gasteiger partial charge in [-0.05, 0) is 90.5 Å². The summed E-state index contributed by atoms with van der Waals surface area (Å²) in [6, 6.07) is 39.6. The maximum Gasteiger partial charge on any atom is 0.0616 e. The molecule has 5 aromatic carbocycles. The van der Waals surface area contributed by atoms with E-state index in [4.69, 9.17) is 0 Å². The molecular weight excluding hydrogens is 620 g/mol. The minimum absolute atomic E-state index is 0.0959. The number of hydrogen-bond acceptors (Lipinski definition) is 2. The second kappa shape index (κ2) is 9.09. The predicted molar refractivity (Wildman–Crippen MR) is 175 cm³/mol. The van der Waals surface area contributed by atoms with Gasteiger partial charge in [0.15, 0.2) is 0 Å². The number of hydrogen-bond donors (Lipinski definition) is 0. The number of rotatable bonds is 2. The lowest BCUT2D eigenvalue weighted by atomic mass is 9.73. The Bertz CT molecular complexity index is 1570. The van der Waals surface area contributed by atoms with Crippen LogP contribution in [0.1, 0.15) is 49.9 Å². The van der Waals surface area contributed by atoms with Gasteiger partial charge < -0.3 is 9.80 Å². The van der Waals surface area contributed by atoms with Crippen molar-refractivity contribution in [1.29, 1.82) is 0 Å². The molecule has 0 bridgehead atoms. The smallest absolute Gasteiger partial charge is 0.0616 e. The average Bonchev–Trinajstić information content (AvgIpc) is 2.96. The van der Waals surface area contributed by atoms with Crippen LogP contribution < -0.4 is 9.80 Å². The third-order valence-electron chi connectivity index (χ3n) is 8.77. The van der Waals surface area contributed by atoms with Crippen molar-refractivity contribution in [2.24, 2.45) is 0 Å². The summed E-state index contributed by atoms with van der Waals surface area (Å²) in [5.74, 6) is 0. The van der Waals surface area contributed by atoms with Gasteiger partial charge in [0.2, 0.25) is 0 Å². The molecule has 0 radical (unpaired) electrons. The van der Waals surface area contributed by atoms with Crippen molar-refractivity contribution in [1.82, 2.24) is 0 Å². The molecule has 40 heavy (non-hydrogen) atoms. The van der Waals surface area contributed by atoms with Gasteiger partial charge in [-0.1, -0.05) is 100 Å². The summed E-state index contributed by atoms with van der Waals surface area (Å²) in [5.41, 5.74) is 12.1. The van der Waals surface area contributed by atoms with Crippen LogP contribution in [0.4, 0.5) is 34.1 Å². The first kappa shape index (κ1) is 25.6. The van der Waals surface area contributed by atoms with Crippen molar-refractivity contribution < 1.29 is 0 Å². The third-order valence-corrected chi connectivity index (χ3v) is 10.0. The van der Waals surface area contributed by atoms with E-state index in [1.54, 1.807) is 0 Å². The minimum atomic E-state index is -0.0959. The molecule has 5 aromatic rings. The van der Waals surface area contributed by atoms with Crippen molar-refractivity contribution in [2.45, 2.75) is 38.5 Å². The Morgan fingerprint density at radius 3 is 0.925 bits per heavy atom. The van der Waals surface area contributed by atoms with Gasteiger partial charge in [0, 0.05) is 19.8 Å². The summed E-state index contributed by atoms with van der Waals surface area (Å²) < 4.78 is 2.07. The van der Waals surface area contributed by atoms with Gasteiger partial charge in [0.1, 0.15) is 0 Å². The molecule has 0 saturated heterocycles. The highest BCUT2D eigenvalue weighted by Crippen LogP contribution is 2.56. The number of para-hydroxylation sites is 4. The minimum Gasteiger partial charge on any atom is -0.309 e. The van der Waals surface area contributed by atoms with E-state index in [0.717, 1.165) is 20.3 Å². The van der Waals surface area contributed by atoms with Crippen molar-refractivity contribution in [2.75, 3.05) is 9.80 Å². The van der Waals surface area contributed by atoms with Gasteiger partial charge in [-0.25, -0.2) is 0 Å². The van der Waals surface area contributed by atoms with Crippen molar-refractivity contribution in [3.8, 4) is 0 Å². The fraction of sp³-hybridized carbons (Fsp3) is 0.167. The molecule has 0 fully saturated rings. The Balaban J connectivity index is 1.44. The zero-order valence-corrected chi connectivity index (χ0v) is 26.2. The molecule has 2 heterocycles. The highest BCUT2D eigenvalue weighted by atomic mass is 79.9. The van der Waals surface area contributed by atoms with Crippen LogP contribution >= 0.6 is 31.9 Å². The van der Waals surface area contributed by atoms with E-state index in [9.17, 15) is 0 Å². The molecule has 7 rings (SSSR count). The van der Waals surface area contributed by atoms with E-state index in [-0.39, 0.29) is 10.8 Å². The van der Waals surface area contributed by atoms with E-state index in [0.29, 0.717) is 0 Å². The van der Waals surface area contributed by atoms with Crippen LogP contribution in [0.15, 0.2) is 118 Å². The van der Waals surface area contributed by atoms with Crippen LogP contribution in [0, 0.1) is 0 Å². The summed E-state index contributed by atoms with van der Waals surface area (Å²) in [5, 5.41) is 0. The molecule has 0 spiro atoms. The first-order valence-electron chi connectivity index (χ1n) is 13.7. The zero-order chi connectivity index (χ0) is 27.8. The number of nitrogens with zero attached hydrogens (tertiary/aromatic N) is 2. The lowest BCUT2D eigenvalue weighted by Gasteiger charge is -2.43. The van der Waals surface area contributed by atoms with Crippen LogP contribution in [0.5, 0.6) is 0 Å². The number of halogens is 2. The van der Waals surface area contributed by atoms with E-state index >= 15 is 0 Å². The molecule has 2 nitrogen and oxygen atoms in total. The largest absolute Gasteiger partial charge is 0.309 e. The molecule has 0 saturated carbocycles. The number of fused-ring (bicyclic) bond motifs is 4. The second-order valence-electron chi connectivity index (χ2n) is 11.7. The van der Waals surface area contributed by atoms with E-state index in [1.807, 2.05) is 0 Å². The Morgan fingerprint density at radius 1 is 0.400 bits per heavy atom. The normalized spacial score (nSPS) is 16.1. The molecule has 198 valence electrons. The fourth-order valence-corrected chi connectivity index (χ4v) is 7.74. The first-order chi connectivity index (χ1) is 19.2. The van der Waals surface area contributed by atoms with Crippen LogP contribution in [0.2, 0.25) is 0 Å². The fourth-order valence-electron chi connectivity index (χ4n) is 6.73. The maximum atomic E-state index is 4.03. The molecule has 0 atom stereocenters. The van der Waals surface area contributed by atoms with Crippen molar-refractivity contribution >= 4 is 66.0 Å². The third kappa shape index (κ3) is 3.59. The number of anilines is 6. The molecule has 0 unspecified atom stereocenters. The molecule has 0 amide bonds. The van der Waals surface area contributed by atoms with Crippen molar-refractivity contribution in [3.05, 3.63) is 140 Å². The van der Waals surface area contributed by atoms with Crippen molar-refractivity contribution in [3.63, 3.8) is 0 Å². The SMILES string of the molecule is CC1(C)c2ccccc2N(c2cc(Br)c(N3c4ccccc4C(C)(C)c4ccccc43)cc2Br)c2ccccc21. The van der Waals surface area contributed by atoms with Gasteiger partial charge >= 0.3 is 0 Å². The van der Waals surface area contributed by atoms with Gasteiger partial charge in [0.25, 0.3) is 0 Å². The topological polar surface area (TPSA) is 6.48 Å². The summed E-state index contributed by atoms with van der Waals surface area (Å²) >= 11 is 8.06. The Morgan fingerprint density at radius 2 is 0.650 bits per heavy atom. The predicted octanol–water partition coefficient (Wildman–Crippen LogP) is 11.4. The van der Waals surface area contributed by atoms with Gasteiger partial charge in [-0.15, -0.1) is 0 Å². The molecule has 4 heteroatoms. The Labute approximate surface area is 253 Å². The molecule has 0 aromatic heterocycles. The summed E-state index contributed by atoms with van der Waals surface area (Å²) in [6.07, 6.45) is 0. The van der Waals surface area contributed by atoms with Crippen LogP contribution in [0.25, 0.3) is 0 Å². The lowest BCUT2D eigenvalue weighted by Crippen LogP contribution is -2.31. The maximum absolute atomic E-state index is 4.03. The summed E-state index contributed by atoms with van der Waals surface area (Å²) in [6.45, 7) is 9.29. The van der Waals surface area contributed by atoms with E-state index in [1.165, 1.54) is 45.0 Å². The number of benzene rings is 5. The molecule has 2 aliphatic heterocycles. The van der Waals surface area contributed by atoms with Crippen LogP contribution in [-0.4, -0.2) is 0 Å². The molecule has 2 aliphatic rings. The standard InChI is InChI=1S/C36H30Br2N2/c1-35(2)23-13-5-9-17-29(23)39(30-18-10-6-14-24(30)35)33-21-28(38)34(22-27(33)37)40-31-19-11-7-15-25(31)36(3,4)26-16-8-12-20-32(26)40/h5-22H,1-4H3. The second-order valence-corrected chi connectivity index (χ2v) is 13.5. The highest BCUT2D eigenvalue weighted by molar-refractivity contribution is 9.11. The molecule has 0 aliphatic carbocycles. The highest BCUT2D eigenvalue weighted by Gasteiger charge is 2.39. The molecular formula is C36H30Br2N2. The lowest BCUT2D eigenvalue weighted by molar-refractivity contribution is 0.631. The summed E-state index contributed by atoms with van der Waals surface area (Å²) in [7, 11) is 0. The monoisotopic (exact) mass is 648 g/mol. The van der Waals surface area contributed by atoms with Crippen LogP contribution in [0.3, 0.4) is 0 Å². The Kier molecular flexibility index (Phi) is 5.82. The van der Waals surface area contributed by atoms with E-state index in [2.05, 4.69) is 179 Å². The van der Waals surface area contributed by atoms with Gasteiger partial charge in [-0.2, -0.15) is 0 Å². The van der Waals surface area contributed by atoms with E-state index < -0.39 is 0 Å². The Hall–Kier alpha value is -3.34.